The third-order valence-electron chi connectivity index (χ3n) is 6.30. The number of piperazine rings is 1. The van der Waals surface area contributed by atoms with Crippen molar-refractivity contribution < 1.29 is 23.5 Å². The van der Waals surface area contributed by atoms with Crippen molar-refractivity contribution in [2.75, 3.05) is 33.3 Å². The van der Waals surface area contributed by atoms with Gasteiger partial charge in [0.1, 0.15) is 17.7 Å². The van der Waals surface area contributed by atoms with Crippen LogP contribution in [0.1, 0.15) is 38.2 Å². The second kappa shape index (κ2) is 9.63. The Morgan fingerprint density at radius 3 is 2.43 bits per heavy atom. The van der Waals surface area contributed by atoms with Gasteiger partial charge in [0.15, 0.2) is 5.69 Å². The molecule has 1 fully saturated rings. The van der Waals surface area contributed by atoms with E-state index in [4.69, 9.17) is 21.1 Å². The first-order valence-electron chi connectivity index (χ1n) is 11.2. The van der Waals surface area contributed by atoms with Crippen molar-refractivity contribution in [2.24, 2.45) is 0 Å². The molecule has 1 unspecified atom stereocenters. The maximum absolute atomic E-state index is 13.6. The number of aromatic nitrogens is 3. The maximum Gasteiger partial charge on any atom is 0.276 e. The summed E-state index contributed by atoms with van der Waals surface area (Å²) in [6.07, 6.45) is -0.206. The highest BCUT2D eigenvalue weighted by atomic mass is 35.5. The Morgan fingerprint density at radius 1 is 1.06 bits per heavy atom. The molecule has 9 nitrogen and oxygen atoms in total. The molecule has 0 bridgehead atoms. The number of halogens is 2. The number of amides is 2. The summed E-state index contributed by atoms with van der Waals surface area (Å²) >= 11 is 6.07. The van der Waals surface area contributed by atoms with Gasteiger partial charge in [-0.25, -0.2) is 9.07 Å². The first-order valence-corrected chi connectivity index (χ1v) is 11.5. The van der Waals surface area contributed by atoms with Crippen molar-refractivity contribution in [2.45, 2.75) is 19.3 Å². The highest BCUT2D eigenvalue weighted by Gasteiger charge is 2.32. The van der Waals surface area contributed by atoms with Gasteiger partial charge in [-0.2, -0.15) is 0 Å². The number of methoxy groups -OCH3 is 1. The van der Waals surface area contributed by atoms with Crippen LogP contribution in [0, 0.1) is 5.82 Å². The van der Waals surface area contributed by atoms with Crippen LogP contribution in [-0.4, -0.2) is 69.9 Å². The average molecular weight is 500 g/mol. The molecule has 11 heteroatoms. The minimum atomic E-state index is -0.528. The topological polar surface area (TPSA) is 89.8 Å². The van der Waals surface area contributed by atoms with Crippen LogP contribution < -0.4 is 4.74 Å². The minimum Gasteiger partial charge on any atom is -0.497 e. The van der Waals surface area contributed by atoms with Crippen molar-refractivity contribution in [1.82, 2.24) is 24.8 Å². The van der Waals surface area contributed by atoms with Crippen LogP contribution in [0.25, 0.3) is 0 Å². The summed E-state index contributed by atoms with van der Waals surface area (Å²) in [7, 11) is 1.62. The second-order valence-corrected chi connectivity index (χ2v) is 8.76. The van der Waals surface area contributed by atoms with Gasteiger partial charge in [0, 0.05) is 26.2 Å². The largest absolute Gasteiger partial charge is 0.497 e. The van der Waals surface area contributed by atoms with E-state index in [-0.39, 0.29) is 40.8 Å². The molecule has 0 radical (unpaired) electrons. The molecule has 0 spiro atoms. The van der Waals surface area contributed by atoms with Gasteiger partial charge >= 0.3 is 0 Å². The normalized spacial score (nSPS) is 17.7. The Kier molecular flexibility index (Phi) is 6.40. The summed E-state index contributed by atoms with van der Waals surface area (Å²) in [6, 6.07) is 11.3. The number of benzene rings is 2. The molecule has 2 aliphatic heterocycles. The Labute approximate surface area is 206 Å². The molecule has 2 aliphatic rings. The van der Waals surface area contributed by atoms with Gasteiger partial charge in [-0.15, -0.1) is 5.10 Å². The molecule has 1 aromatic heterocycles. The quantitative estimate of drug-likeness (QED) is 0.548. The third-order valence-corrected chi connectivity index (χ3v) is 6.63. The van der Waals surface area contributed by atoms with E-state index in [9.17, 15) is 14.0 Å². The van der Waals surface area contributed by atoms with Crippen LogP contribution in [0.3, 0.4) is 0 Å². The highest BCUT2D eigenvalue weighted by Crippen LogP contribution is 2.29. The fourth-order valence-corrected chi connectivity index (χ4v) is 4.49. The molecule has 3 aromatic rings. The molecule has 1 atom stereocenters. The number of carbonyl (C=O) groups excluding carboxylic acids is 2. The molecule has 2 amide bonds. The smallest absolute Gasteiger partial charge is 0.276 e. The van der Waals surface area contributed by atoms with E-state index in [0.717, 1.165) is 17.4 Å². The predicted octanol–water partition coefficient (Wildman–Crippen LogP) is 2.95. The lowest BCUT2D eigenvalue weighted by Gasteiger charge is -2.34. The number of hydrogen-bond acceptors (Lipinski definition) is 6. The third kappa shape index (κ3) is 4.59. The molecule has 0 aliphatic carbocycles. The SMILES string of the molecule is COc1ccc(C2Cn3nnc(C(=O)N4CCN(C(=O)c5cc(F)ccc5Cl)CC4)c3CO2)cc1. The summed E-state index contributed by atoms with van der Waals surface area (Å²) in [6.45, 7) is 1.89. The van der Waals surface area contributed by atoms with E-state index < -0.39 is 5.82 Å². The zero-order valence-electron chi connectivity index (χ0n) is 19.0. The zero-order chi connectivity index (χ0) is 24.5. The average Bonchev–Trinajstić information content (AvgIpc) is 3.32. The number of rotatable bonds is 4. The van der Waals surface area contributed by atoms with Gasteiger partial charge < -0.3 is 19.3 Å². The molecule has 1 saturated heterocycles. The van der Waals surface area contributed by atoms with E-state index in [1.807, 2.05) is 24.3 Å². The Hall–Kier alpha value is -3.50. The zero-order valence-corrected chi connectivity index (χ0v) is 19.7. The first-order chi connectivity index (χ1) is 16.9. The maximum atomic E-state index is 13.6. The lowest BCUT2D eigenvalue weighted by Crippen LogP contribution is -2.51. The monoisotopic (exact) mass is 499 g/mol. The van der Waals surface area contributed by atoms with Gasteiger partial charge in [-0.05, 0) is 35.9 Å². The summed E-state index contributed by atoms with van der Waals surface area (Å²) in [5.74, 6) is -0.381. The molecule has 0 saturated carbocycles. The van der Waals surface area contributed by atoms with E-state index in [2.05, 4.69) is 10.3 Å². The Morgan fingerprint density at radius 2 is 1.74 bits per heavy atom. The van der Waals surface area contributed by atoms with E-state index in [1.165, 1.54) is 12.1 Å². The Balaban J connectivity index is 1.23. The summed E-state index contributed by atoms with van der Waals surface area (Å²) in [5, 5.41) is 8.51. The van der Waals surface area contributed by atoms with Crippen LogP contribution in [0.5, 0.6) is 5.75 Å². The van der Waals surface area contributed by atoms with Gasteiger partial charge in [0.25, 0.3) is 11.8 Å². The minimum absolute atomic E-state index is 0.113. The highest BCUT2D eigenvalue weighted by molar-refractivity contribution is 6.33. The van der Waals surface area contributed by atoms with Crippen LogP contribution in [-0.2, 0) is 17.9 Å². The molecule has 35 heavy (non-hydrogen) atoms. The van der Waals surface area contributed by atoms with E-state index in [0.29, 0.717) is 38.4 Å². The summed E-state index contributed by atoms with van der Waals surface area (Å²) in [5.41, 5.74) is 1.98. The fourth-order valence-electron chi connectivity index (χ4n) is 4.29. The van der Waals surface area contributed by atoms with Crippen molar-refractivity contribution in [3.05, 3.63) is 75.8 Å². The predicted molar refractivity (Wildman–Crippen MR) is 124 cm³/mol. The van der Waals surface area contributed by atoms with E-state index in [1.54, 1.807) is 21.6 Å². The number of fused-ring (bicyclic) bond motifs is 1. The van der Waals surface area contributed by atoms with Crippen molar-refractivity contribution in [3.8, 4) is 5.75 Å². The van der Waals surface area contributed by atoms with Gasteiger partial charge in [0.2, 0.25) is 0 Å². The number of hydrogen-bond donors (Lipinski definition) is 0. The number of nitrogens with zero attached hydrogens (tertiary/aromatic N) is 5. The molecule has 3 heterocycles. The van der Waals surface area contributed by atoms with Crippen LogP contribution in [0.2, 0.25) is 5.02 Å². The molecule has 2 aromatic carbocycles. The number of ether oxygens (including phenoxy) is 2. The first kappa shape index (κ1) is 23.3. The lowest BCUT2D eigenvalue weighted by atomic mass is 10.1. The Bertz CT molecular complexity index is 1260. The van der Waals surface area contributed by atoms with Gasteiger partial charge in [-0.3, -0.25) is 9.59 Å². The van der Waals surface area contributed by atoms with Crippen LogP contribution >= 0.6 is 11.6 Å². The van der Waals surface area contributed by atoms with Gasteiger partial charge in [-0.1, -0.05) is 28.9 Å². The molecular formula is C24H23ClFN5O4. The molecule has 5 rings (SSSR count). The number of carbonyl (C=O) groups is 2. The fraction of sp³-hybridized carbons (Fsp3) is 0.333. The van der Waals surface area contributed by atoms with Crippen molar-refractivity contribution in [1.29, 1.82) is 0 Å². The van der Waals surface area contributed by atoms with Crippen molar-refractivity contribution >= 4 is 23.4 Å². The lowest BCUT2D eigenvalue weighted by molar-refractivity contribution is -0.00204. The molecule has 0 N–H and O–H groups in total. The van der Waals surface area contributed by atoms with Crippen LogP contribution in [0.15, 0.2) is 42.5 Å². The molecular weight excluding hydrogens is 477 g/mol. The van der Waals surface area contributed by atoms with E-state index >= 15 is 0 Å². The van der Waals surface area contributed by atoms with Gasteiger partial charge in [0.05, 0.1) is 36.5 Å². The standard InChI is InChI=1S/C24H23ClFN5O4/c1-34-17-5-2-15(3-6-17)21-13-31-20(14-35-21)22(27-28-31)24(33)30-10-8-29(9-11-30)23(32)18-12-16(26)4-7-19(18)25/h2-7,12,21H,8-11,13-14H2,1H3. The molecule has 182 valence electrons. The summed E-state index contributed by atoms with van der Waals surface area (Å²) in [4.78, 5) is 29.1. The summed E-state index contributed by atoms with van der Waals surface area (Å²) < 4.78 is 26.5. The second-order valence-electron chi connectivity index (χ2n) is 8.35. The van der Waals surface area contributed by atoms with Crippen LogP contribution in [0.4, 0.5) is 4.39 Å². The van der Waals surface area contributed by atoms with Crippen molar-refractivity contribution in [3.63, 3.8) is 0 Å².